The van der Waals surface area contributed by atoms with E-state index in [1.165, 1.54) is 29.6 Å². The van der Waals surface area contributed by atoms with Crippen LogP contribution in [0.25, 0.3) is 20.4 Å². The zero-order valence-corrected chi connectivity index (χ0v) is 17.6. The van der Waals surface area contributed by atoms with Gasteiger partial charge in [-0.15, -0.1) is 34.3 Å². The number of fused-ring (bicyclic) bond motifs is 2. The molecule has 5 nitrogen and oxygen atoms in total. The van der Waals surface area contributed by atoms with E-state index < -0.39 is 22.5 Å². The Hall–Kier alpha value is -2.84. The predicted molar refractivity (Wildman–Crippen MR) is 115 cm³/mol. The van der Waals surface area contributed by atoms with E-state index in [0.29, 0.717) is 15.5 Å². The van der Waals surface area contributed by atoms with Gasteiger partial charge in [0.05, 0.1) is 32.6 Å². The smallest absolute Gasteiger partial charge is 0.154 e. The number of alkyl halides is 1. The number of ketones is 1. The van der Waals surface area contributed by atoms with Gasteiger partial charge >= 0.3 is 0 Å². The maximum atomic E-state index is 12.3. The van der Waals surface area contributed by atoms with Crippen molar-refractivity contribution >= 4 is 60.5 Å². The third-order valence-electron chi connectivity index (χ3n) is 4.73. The third-order valence-corrected chi connectivity index (χ3v) is 7.67. The predicted octanol–water partition coefficient (Wildman–Crippen LogP) is 5.17. The van der Waals surface area contributed by atoms with Gasteiger partial charge in [-0.3, -0.25) is 4.79 Å². The lowest BCUT2D eigenvalue weighted by Gasteiger charge is -2.30. The fraction of sp³-hybridized carbons (Fsp3) is 0.190. The zero-order chi connectivity index (χ0) is 20.6. The number of hydrogen-bond donors (Lipinski definition) is 0. The van der Waals surface area contributed by atoms with E-state index in [4.69, 9.17) is 11.6 Å². The quantitative estimate of drug-likeness (QED) is 0.402. The van der Waals surface area contributed by atoms with Crippen LogP contribution in [-0.4, -0.2) is 21.1 Å². The number of halogens is 1. The van der Waals surface area contributed by atoms with Crippen LogP contribution in [0.5, 0.6) is 0 Å². The van der Waals surface area contributed by atoms with Crippen LogP contribution in [0, 0.1) is 22.7 Å². The van der Waals surface area contributed by atoms with E-state index in [1.54, 1.807) is 0 Å². The molecule has 0 amide bonds. The Kier molecular flexibility index (Phi) is 5.06. The Morgan fingerprint density at radius 2 is 1.62 bits per heavy atom. The van der Waals surface area contributed by atoms with Gasteiger partial charge in [0.15, 0.2) is 5.41 Å². The molecule has 3 unspecified atom stereocenters. The molecular formula is C21H13ClN4OS2. The lowest BCUT2D eigenvalue weighted by atomic mass is 9.73. The Morgan fingerprint density at radius 3 is 2.14 bits per heavy atom. The van der Waals surface area contributed by atoms with Gasteiger partial charge in [0, 0.05) is 0 Å². The number of carbonyl (C=O) groups is 1. The average Bonchev–Trinajstić information content (AvgIpc) is 3.35. The van der Waals surface area contributed by atoms with Crippen LogP contribution in [0.4, 0.5) is 0 Å². The van der Waals surface area contributed by atoms with Crippen molar-refractivity contribution in [2.24, 2.45) is 0 Å². The topological polar surface area (TPSA) is 90.4 Å². The molecule has 0 aliphatic rings. The molecule has 4 rings (SSSR count). The van der Waals surface area contributed by atoms with Gasteiger partial charge in [0.2, 0.25) is 0 Å². The summed E-state index contributed by atoms with van der Waals surface area (Å²) in [7, 11) is 0. The highest BCUT2D eigenvalue weighted by molar-refractivity contribution is 7.19. The minimum atomic E-state index is -1.65. The minimum absolute atomic E-state index is 0.349. The number of thiazole rings is 2. The normalized spacial score (nSPS) is 15.3. The zero-order valence-electron chi connectivity index (χ0n) is 15.2. The average molecular weight is 437 g/mol. The minimum Gasteiger partial charge on any atom is -0.298 e. The summed E-state index contributed by atoms with van der Waals surface area (Å²) in [5.41, 5.74) is -0.224. The number of carbonyl (C=O) groups excluding carboxylic acids is 1. The summed E-state index contributed by atoms with van der Waals surface area (Å²) in [6, 6.07) is 19.3. The number of nitrogens with zero attached hydrogens (tertiary/aromatic N) is 4. The maximum absolute atomic E-state index is 12.3. The fourth-order valence-corrected chi connectivity index (χ4v) is 5.88. The summed E-state index contributed by atoms with van der Waals surface area (Å²) in [4.78, 5) is 21.5. The molecule has 4 aromatic rings. The van der Waals surface area contributed by atoms with Crippen LogP contribution in [0.2, 0.25) is 0 Å². The molecule has 0 radical (unpaired) electrons. The molecule has 0 fully saturated rings. The monoisotopic (exact) mass is 436 g/mol. The van der Waals surface area contributed by atoms with Crippen LogP contribution < -0.4 is 0 Å². The van der Waals surface area contributed by atoms with E-state index in [-0.39, 0.29) is 0 Å². The number of Topliss-reactive ketones (excluding diaryl/α,β-unsaturated/α-hetero) is 1. The van der Waals surface area contributed by atoms with Gasteiger partial charge in [-0.1, -0.05) is 24.3 Å². The third kappa shape index (κ3) is 3.08. The molecule has 0 saturated heterocycles. The Balaban J connectivity index is 1.99. The largest absolute Gasteiger partial charge is 0.298 e. The van der Waals surface area contributed by atoms with E-state index in [2.05, 4.69) is 22.1 Å². The van der Waals surface area contributed by atoms with Crippen molar-refractivity contribution < 1.29 is 4.79 Å². The molecule has 3 atom stereocenters. The van der Waals surface area contributed by atoms with Crippen molar-refractivity contribution in [2.45, 2.75) is 23.6 Å². The fourth-order valence-electron chi connectivity index (χ4n) is 3.28. The lowest BCUT2D eigenvalue weighted by molar-refractivity contribution is -0.117. The number of nitriles is 2. The molecule has 0 spiro atoms. The van der Waals surface area contributed by atoms with E-state index in [1.807, 2.05) is 48.5 Å². The van der Waals surface area contributed by atoms with Gasteiger partial charge in [-0.25, -0.2) is 9.97 Å². The van der Waals surface area contributed by atoms with Crippen molar-refractivity contribution in [1.29, 1.82) is 10.5 Å². The van der Waals surface area contributed by atoms with Crippen molar-refractivity contribution in [3.63, 3.8) is 0 Å². The summed E-state index contributed by atoms with van der Waals surface area (Å²) >= 11 is 9.14. The molecule has 8 heteroatoms. The Bertz CT molecular complexity index is 1250. The maximum Gasteiger partial charge on any atom is 0.154 e. The van der Waals surface area contributed by atoms with Crippen LogP contribution in [-0.2, 0) is 10.2 Å². The van der Waals surface area contributed by atoms with Gasteiger partial charge in [0.25, 0.3) is 0 Å². The number of para-hydroxylation sites is 2. The molecular weight excluding hydrogens is 424 g/mol. The van der Waals surface area contributed by atoms with Crippen molar-refractivity contribution in [3.8, 4) is 12.1 Å². The van der Waals surface area contributed by atoms with Crippen molar-refractivity contribution in [3.05, 3.63) is 58.5 Å². The van der Waals surface area contributed by atoms with E-state index >= 15 is 0 Å². The number of rotatable bonds is 5. The first-order valence-corrected chi connectivity index (χ1v) is 10.7. The number of aromatic nitrogens is 2. The molecule has 0 N–H and O–H groups in total. The summed E-state index contributed by atoms with van der Waals surface area (Å²) in [6.07, 6.45) is 0. The molecule has 2 aromatic heterocycles. The number of benzene rings is 2. The standard InChI is InChI=1S/C21H13ClN4OS2/c1-12(27)18(22)21(11-24,20-26-15-7-3-5-9-17(15)29-20)13(10-23)19-25-14-6-2-4-8-16(14)28-19/h2-9,13,18H,1H3. The van der Waals surface area contributed by atoms with Gasteiger partial charge < -0.3 is 0 Å². The summed E-state index contributed by atoms with van der Waals surface area (Å²) in [6.45, 7) is 1.32. The summed E-state index contributed by atoms with van der Waals surface area (Å²) in [5.74, 6) is -1.44. The summed E-state index contributed by atoms with van der Waals surface area (Å²) in [5, 5.41) is 20.0. The molecule has 2 aromatic carbocycles. The molecule has 142 valence electrons. The molecule has 0 aliphatic heterocycles. The highest BCUT2D eigenvalue weighted by Gasteiger charge is 2.53. The lowest BCUT2D eigenvalue weighted by Crippen LogP contribution is -2.44. The van der Waals surface area contributed by atoms with E-state index in [9.17, 15) is 15.3 Å². The van der Waals surface area contributed by atoms with Crippen LogP contribution in [0.1, 0.15) is 22.9 Å². The second-order valence-electron chi connectivity index (χ2n) is 6.52. The highest BCUT2D eigenvalue weighted by Crippen LogP contribution is 2.47. The molecule has 0 saturated carbocycles. The molecule has 2 heterocycles. The highest BCUT2D eigenvalue weighted by atomic mass is 35.5. The van der Waals surface area contributed by atoms with Crippen molar-refractivity contribution in [2.75, 3.05) is 0 Å². The first-order chi connectivity index (χ1) is 14.0. The second kappa shape index (κ2) is 7.53. The van der Waals surface area contributed by atoms with Gasteiger partial charge in [0.1, 0.15) is 27.1 Å². The summed E-state index contributed by atoms with van der Waals surface area (Å²) < 4.78 is 1.75. The second-order valence-corrected chi connectivity index (χ2v) is 9.05. The Morgan fingerprint density at radius 1 is 1.03 bits per heavy atom. The Labute approximate surface area is 179 Å². The molecule has 0 aliphatic carbocycles. The van der Waals surface area contributed by atoms with Crippen LogP contribution >= 0.6 is 34.3 Å². The van der Waals surface area contributed by atoms with Crippen LogP contribution in [0.3, 0.4) is 0 Å². The molecule has 29 heavy (non-hydrogen) atoms. The van der Waals surface area contributed by atoms with Crippen molar-refractivity contribution in [1.82, 2.24) is 9.97 Å². The number of hydrogen-bond acceptors (Lipinski definition) is 7. The first kappa shape index (κ1) is 19.5. The van der Waals surface area contributed by atoms with Gasteiger partial charge in [-0.05, 0) is 31.2 Å². The SMILES string of the molecule is CC(=O)C(Cl)C(C#N)(c1nc2ccccc2s1)C(C#N)c1nc2ccccc2s1. The van der Waals surface area contributed by atoms with E-state index in [0.717, 1.165) is 14.9 Å². The van der Waals surface area contributed by atoms with Crippen LogP contribution in [0.15, 0.2) is 48.5 Å². The molecule has 0 bridgehead atoms. The van der Waals surface area contributed by atoms with Gasteiger partial charge in [-0.2, -0.15) is 10.5 Å². The first-order valence-electron chi connectivity index (χ1n) is 8.68.